The molecular formula is C10H12BrF3N2O3S. The average Bonchev–Trinajstić information content (AvgIpc) is 2.30. The van der Waals surface area contributed by atoms with Gasteiger partial charge in [-0.15, -0.1) is 0 Å². The summed E-state index contributed by atoms with van der Waals surface area (Å²) in [5, 5.41) is 0. The molecule has 0 unspecified atom stereocenters. The molecule has 0 spiro atoms. The van der Waals surface area contributed by atoms with Crippen LogP contribution >= 0.6 is 15.9 Å². The maximum atomic E-state index is 12.6. The van der Waals surface area contributed by atoms with E-state index in [4.69, 9.17) is 0 Å². The van der Waals surface area contributed by atoms with E-state index < -0.39 is 21.9 Å². The van der Waals surface area contributed by atoms with Gasteiger partial charge in [-0.05, 0) is 34.1 Å². The summed E-state index contributed by atoms with van der Waals surface area (Å²) in [6, 6.07) is 2.68. The highest BCUT2D eigenvalue weighted by Gasteiger charge is 2.31. The molecule has 0 aromatic heterocycles. The fourth-order valence-corrected chi connectivity index (χ4v) is 2.60. The summed E-state index contributed by atoms with van der Waals surface area (Å²) in [7, 11) is -2.58. The smallest absolute Gasteiger partial charge is 0.383 e. The molecule has 0 radical (unpaired) electrons. The summed E-state index contributed by atoms with van der Waals surface area (Å²) in [6.45, 7) is 0.146. The van der Waals surface area contributed by atoms with E-state index in [1.807, 2.05) is 4.72 Å². The van der Waals surface area contributed by atoms with Crippen molar-refractivity contribution in [1.82, 2.24) is 4.72 Å². The van der Waals surface area contributed by atoms with Crippen molar-refractivity contribution in [2.75, 3.05) is 25.0 Å². The van der Waals surface area contributed by atoms with Gasteiger partial charge in [0.15, 0.2) is 0 Å². The Labute approximate surface area is 122 Å². The number of rotatable bonds is 6. The number of benzene rings is 1. The van der Waals surface area contributed by atoms with E-state index in [9.17, 15) is 21.6 Å². The van der Waals surface area contributed by atoms with Gasteiger partial charge in [-0.3, -0.25) is 4.72 Å². The monoisotopic (exact) mass is 376 g/mol. The normalized spacial score (nSPS) is 12.4. The Balaban J connectivity index is 2.91. The topological polar surface area (TPSA) is 67.4 Å². The van der Waals surface area contributed by atoms with Crippen molar-refractivity contribution < 1.29 is 26.3 Å². The Morgan fingerprint density at radius 1 is 1.35 bits per heavy atom. The molecule has 0 saturated carbocycles. The predicted octanol–water partition coefficient (Wildman–Crippen LogP) is 2.36. The predicted molar refractivity (Wildman–Crippen MR) is 71.6 cm³/mol. The number of anilines is 1. The van der Waals surface area contributed by atoms with E-state index >= 15 is 0 Å². The number of hydrogen-bond acceptors (Lipinski definition) is 3. The van der Waals surface area contributed by atoms with Gasteiger partial charge in [0.25, 0.3) is 10.2 Å². The summed E-state index contributed by atoms with van der Waals surface area (Å²) in [5.74, 6) is 0. The molecular weight excluding hydrogens is 365 g/mol. The van der Waals surface area contributed by atoms with E-state index in [1.165, 1.54) is 7.11 Å². The minimum absolute atomic E-state index is 0.00239. The number of halogens is 4. The molecule has 2 N–H and O–H groups in total. The van der Waals surface area contributed by atoms with E-state index in [0.717, 1.165) is 12.1 Å². The highest BCUT2D eigenvalue weighted by Crippen LogP contribution is 2.34. The summed E-state index contributed by atoms with van der Waals surface area (Å²) in [5.41, 5.74) is -1.15. The molecule has 0 aliphatic heterocycles. The Hall–Kier alpha value is -0.840. The highest BCUT2D eigenvalue weighted by molar-refractivity contribution is 9.10. The standard InChI is InChI=1S/C10H12BrF3N2O3S/c1-19-5-4-15-20(17,18)16-9-6-7(10(12,13)14)2-3-8(9)11/h2-3,6,15-16H,4-5H2,1H3. The second-order valence-electron chi connectivity index (χ2n) is 3.69. The molecule has 1 aromatic rings. The Morgan fingerprint density at radius 2 is 2.00 bits per heavy atom. The van der Waals surface area contributed by atoms with Gasteiger partial charge in [-0.25, -0.2) is 0 Å². The first-order chi connectivity index (χ1) is 9.15. The maximum Gasteiger partial charge on any atom is 0.416 e. The largest absolute Gasteiger partial charge is 0.416 e. The van der Waals surface area contributed by atoms with Crippen LogP contribution in [0.2, 0.25) is 0 Å². The van der Waals surface area contributed by atoms with Gasteiger partial charge >= 0.3 is 6.18 Å². The molecule has 1 aromatic carbocycles. The maximum absolute atomic E-state index is 12.6. The zero-order chi connectivity index (χ0) is 15.4. The van der Waals surface area contributed by atoms with Gasteiger partial charge in [-0.1, -0.05) is 0 Å². The minimum Gasteiger partial charge on any atom is -0.383 e. The lowest BCUT2D eigenvalue weighted by Gasteiger charge is -2.13. The van der Waals surface area contributed by atoms with Crippen LogP contribution in [0.25, 0.3) is 0 Å². The number of nitrogens with one attached hydrogen (secondary N) is 2. The van der Waals surface area contributed by atoms with Crippen molar-refractivity contribution in [1.29, 1.82) is 0 Å². The highest BCUT2D eigenvalue weighted by atomic mass is 79.9. The molecule has 0 aliphatic rings. The second kappa shape index (κ2) is 6.74. The zero-order valence-electron chi connectivity index (χ0n) is 10.3. The van der Waals surface area contributed by atoms with Crippen LogP contribution in [0.4, 0.5) is 18.9 Å². The van der Waals surface area contributed by atoms with Crippen LogP contribution in [0.1, 0.15) is 5.56 Å². The van der Waals surface area contributed by atoms with E-state index in [2.05, 4.69) is 25.4 Å². The number of methoxy groups -OCH3 is 1. The molecule has 20 heavy (non-hydrogen) atoms. The Morgan fingerprint density at radius 3 is 2.55 bits per heavy atom. The third kappa shape index (κ3) is 5.27. The van der Waals surface area contributed by atoms with E-state index in [0.29, 0.717) is 6.07 Å². The quantitative estimate of drug-likeness (QED) is 0.748. The van der Waals surface area contributed by atoms with Crippen molar-refractivity contribution >= 4 is 31.8 Å². The average molecular weight is 377 g/mol. The summed E-state index contributed by atoms with van der Waals surface area (Å²) in [4.78, 5) is 0. The molecule has 1 rings (SSSR count). The summed E-state index contributed by atoms with van der Waals surface area (Å²) < 4.78 is 69.9. The lowest BCUT2D eigenvalue weighted by molar-refractivity contribution is -0.137. The number of ether oxygens (including phenoxy) is 1. The second-order valence-corrected chi connectivity index (χ2v) is 6.04. The fourth-order valence-electron chi connectivity index (χ4n) is 1.24. The molecule has 114 valence electrons. The van der Waals surface area contributed by atoms with Gasteiger partial charge in [0.2, 0.25) is 0 Å². The van der Waals surface area contributed by atoms with Crippen molar-refractivity contribution in [2.24, 2.45) is 0 Å². The van der Waals surface area contributed by atoms with Crippen molar-refractivity contribution in [3.63, 3.8) is 0 Å². The van der Waals surface area contributed by atoms with Crippen LogP contribution < -0.4 is 9.44 Å². The first kappa shape index (κ1) is 17.2. The van der Waals surface area contributed by atoms with E-state index in [-0.39, 0.29) is 23.3 Å². The molecule has 0 heterocycles. The lowest BCUT2D eigenvalue weighted by Crippen LogP contribution is -2.32. The van der Waals surface area contributed by atoms with E-state index in [1.54, 1.807) is 0 Å². The summed E-state index contributed by atoms with van der Waals surface area (Å²) >= 11 is 2.98. The SMILES string of the molecule is COCCNS(=O)(=O)Nc1cc(C(F)(F)F)ccc1Br. The Kier molecular flexibility index (Phi) is 5.80. The molecule has 0 amide bonds. The van der Waals surface area contributed by atoms with Crippen LogP contribution in [0.3, 0.4) is 0 Å². The first-order valence-electron chi connectivity index (χ1n) is 5.29. The van der Waals surface area contributed by atoms with Crippen LogP contribution in [0.15, 0.2) is 22.7 Å². The summed E-state index contributed by atoms with van der Waals surface area (Å²) in [6.07, 6.45) is -4.55. The van der Waals surface area contributed by atoms with Crippen LogP contribution in [-0.2, 0) is 21.1 Å². The molecule has 0 atom stereocenters. The van der Waals surface area contributed by atoms with Gasteiger partial charge in [0, 0.05) is 18.1 Å². The van der Waals surface area contributed by atoms with Gasteiger partial charge in [-0.2, -0.15) is 26.3 Å². The third-order valence-corrected chi connectivity index (χ3v) is 3.90. The molecule has 0 bridgehead atoms. The van der Waals surface area contributed by atoms with Crippen LogP contribution in [0.5, 0.6) is 0 Å². The zero-order valence-corrected chi connectivity index (χ0v) is 12.7. The molecule has 0 aliphatic carbocycles. The molecule has 10 heteroatoms. The third-order valence-electron chi connectivity index (χ3n) is 2.14. The van der Waals surface area contributed by atoms with Crippen molar-refractivity contribution in [3.8, 4) is 0 Å². The van der Waals surface area contributed by atoms with Gasteiger partial charge in [0.1, 0.15) is 0 Å². The number of hydrogen-bond donors (Lipinski definition) is 2. The molecule has 0 fully saturated rings. The van der Waals surface area contributed by atoms with Gasteiger partial charge in [0.05, 0.1) is 17.9 Å². The molecule has 0 saturated heterocycles. The fraction of sp³-hybridized carbons (Fsp3) is 0.400. The Bertz CT molecular complexity index is 563. The van der Waals surface area contributed by atoms with Crippen LogP contribution in [-0.4, -0.2) is 28.7 Å². The van der Waals surface area contributed by atoms with Gasteiger partial charge < -0.3 is 4.74 Å². The lowest BCUT2D eigenvalue weighted by atomic mass is 10.2. The van der Waals surface area contributed by atoms with Crippen molar-refractivity contribution in [3.05, 3.63) is 28.2 Å². The number of alkyl halides is 3. The van der Waals surface area contributed by atoms with Crippen molar-refractivity contribution in [2.45, 2.75) is 6.18 Å². The molecule has 5 nitrogen and oxygen atoms in total. The minimum atomic E-state index is -4.55. The first-order valence-corrected chi connectivity index (χ1v) is 7.56. The van der Waals surface area contributed by atoms with Crippen LogP contribution in [0, 0.1) is 0 Å².